The van der Waals surface area contributed by atoms with E-state index in [-0.39, 0.29) is 0 Å². The summed E-state index contributed by atoms with van der Waals surface area (Å²) in [5.41, 5.74) is 0. The average molecular weight is 254 g/mol. The van der Waals surface area contributed by atoms with Crippen LogP contribution in [0.4, 0.5) is 0 Å². The number of amides is 1. The van der Waals surface area contributed by atoms with Crippen LogP contribution in [0.15, 0.2) is 0 Å². The molecule has 4 nitrogen and oxygen atoms in total. The summed E-state index contributed by atoms with van der Waals surface area (Å²) in [6, 6.07) is 0.433. The largest absolute Gasteiger partial charge is 0.381 e. The number of methoxy groups -OCH3 is 1. The van der Waals surface area contributed by atoms with Crippen LogP contribution in [-0.2, 0) is 9.53 Å². The Labute approximate surface area is 110 Å². The zero-order valence-electron chi connectivity index (χ0n) is 11.7. The van der Waals surface area contributed by atoms with Crippen LogP contribution < -0.4 is 0 Å². The zero-order chi connectivity index (χ0) is 13.0. The predicted molar refractivity (Wildman–Crippen MR) is 71.5 cm³/mol. The number of hydrogen-bond acceptors (Lipinski definition) is 3. The number of rotatable bonds is 3. The highest BCUT2D eigenvalue weighted by Gasteiger charge is 2.26. The first-order valence-electron chi connectivity index (χ1n) is 7.25. The summed E-state index contributed by atoms with van der Waals surface area (Å²) in [7, 11) is 1.78. The third-order valence-corrected chi connectivity index (χ3v) is 4.35. The van der Waals surface area contributed by atoms with Crippen LogP contribution in [0.25, 0.3) is 0 Å². The lowest BCUT2D eigenvalue weighted by molar-refractivity contribution is -0.136. The van der Waals surface area contributed by atoms with Gasteiger partial charge in [0.05, 0.1) is 12.6 Å². The molecule has 1 atom stereocenters. The Morgan fingerprint density at radius 3 is 2.50 bits per heavy atom. The van der Waals surface area contributed by atoms with E-state index in [4.69, 9.17) is 4.74 Å². The summed E-state index contributed by atoms with van der Waals surface area (Å²) in [6.45, 7) is 5.71. The van der Waals surface area contributed by atoms with Gasteiger partial charge < -0.3 is 9.64 Å². The van der Waals surface area contributed by atoms with Gasteiger partial charge in [-0.15, -0.1) is 0 Å². The zero-order valence-corrected chi connectivity index (χ0v) is 11.7. The minimum atomic E-state index is 0.318. The highest BCUT2D eigenvalue weighted by molar-refractivity contribution is 5.78. The SMILES string of the molecule is COC1CCN(CC(=O)N2CCCC[C@H]2C)CC1. The molecule has 0 aromatic rings. The molecular formula is C14H26N2O2. The van der Waals surface area contributed by atoms with E-state index in [1.807, 2.05) is 0 Å². The number of likely N-dealkylation sites (tertiary alicyclic amines) is 2. The number of piperidine rings is 2. The molecule has 2 heterocycles. The Morgan fingerprint density at radius 1 is 1.17 bits per heavy atom. The minimum Gasteiger partial charge on any atom is -0.381 e. The van der Waals surface area contributed by atoms with E-state index in [1.54, 1.807) is 7.11 Å². The van der Waals surface area contributed by atoms with Crippen molar-refractivity contribution in [2.45, 2.75) is 51.2 Å². The van der Waals surface area contributed by atoms with E-state index in [0.29, 0.717) is 24.6 Å². The minimum absolute atomic E-state index is 0.318. The maximum absolute atomic E-state index is 12.3. The van der Waals surface area contributed by atoms with Crippen molar-refractivity contribution in [2.24, 2.45) is 0 Å². The van der Waals surface area contributed by atoms with Crippen molar-refractivity contribution in [3.05, 3.63) is 0 Å². The van der Waals surface area contributed by atoms with Gasteiger partial charge in [-0.1, -0.05) is 0 Å². The maximum atomic E-state index is 12.3. The number of carbonyl (C=O) groups is 1. The second-order valence-electron chi connectivity index (χ2n) is 5.64. The molecular weight excluding hydrogens is 228 g/mol. The van der Waals surface area contributed by atoms with Gasteiger partial charge in [-0.05, 0) is 39.0 Å². The van der Waals surface area contributed by atoms with Crippen molar-refractivity contribution < 1.29 is 9.53 Å². The number of carbonyl (C=O) groups excluding carboxylic acids is 1. The van der Waals surface area contributed by atoms with Gasteiger partial charge in [0, 0.05) is 32.8 Å². The molecule has 0 spiro atoms. The Kier molecular flexibility index (Phi) is 5.01. The first-order chi connectivity index (χ1) is 8.70. The summed E-state index contributed by atoms with van der Waals surface area (Å²) in [4.78, 5) is 16.6. The first kappa shape index (κ1) is 13.8. The molecule has 2 aliphatic rings. The van der Waals surface area contributed by atoms with Crippen molar-refractivity contribution in [3.8, 4) is 0 Å². The second kappa shape index (κ2) is 6.53. The standard InChI is InChI=1S/C14H26N2O2/c1-12-5-3-4-8-16(12)14(17)11-15-9-6-13(18-2)7-10-15/h12-13H,3-11H2,1-2H3/t12-/m1/s1. The summed E-state index contributed by atoms with van der Waals surface area (Å²) in [6.07, 6.45) is 6.10. The van der Waals surface area contributed by atoms with Gasteiger partial charge in [-0.3, -0.25) is 9.69 Å². The predicted octanol–water partition coefficient (Wildman–Crippen LogP) is 1.50. The molecule has 104 valence electrons. The lowest BCUT2D eigenvalue weighted by Gasteiger charge is -2.36. The van der Waals surface area contributed by atoms with Crippen molar-refractivity contribution in [1.82, 2.24) is 9.80 Å². The van der Waals surface area contributed by atoms with E-state index in [1.165, 1.54) is 12.8 Å². The number of nitrogens with zero attached hydrogens (tertiary/aromatic N) is 2. The van der Waals surface area contributed by atoms with Crippen molar-refractivity contribution in [1.29, 1.82) is 0 Å². The van der Waals surface area contributed by atoms with Gasteiger partial charge in [-0.25, -0.2) is 0 Å². The van der Waals surface area contributed by atoms with Gasteiger partial charge in [0.2, 0.25) is 5.91 Å². The van der Waals surface area contributed by atoms with Crippen molar-refractivity contribution in [2.75, 3.05) is 33.3 Å². The number of ether oxygens (including phenoxy) is 1. The lowest BCUT2D eigenvalue weighted by atomic mass is 10.0. The monoisotopic (exact) mass is 254 g/mol. The fourth-order valence-electron chi connectivity index (χ4n) is 3.05. The van der Waals surface area contributed by atoms with E-state index in [9.17, 15) is 4.79 Å². The molecule has 0 unspecified atom stereocenters. The van der Waals surface area contributed by atoms with Gasteiger partial charge in [-0.2, -0.15) is 0 Å². The van der Waals surface area contributed by atoms with E-state index in [0.717, 1.165) is 38.9 Å². The summed E-state index contributed by atoms with van der Waals surface area (Å²) < 4.78 is 5.36. The normalized spacial score (nSPS) is 27.4. The summed E-state index contributed by atoms with van der Waals surface area (Å²) >= 11 is 0. The summed E-state index contributed by atoms with van der Waals surface area (Å²) in [5, 5.41) is 0. The third kappa shape index (κ3) is 3.45. The smallest absolute Gasteiger partial charge is 0.236 e. The van der Waals surface area contributed by atoms with Crippen LogP contribution >= 0.6 is 0 Å². The summed E-state index contributed by atoms with van der Waals surface area (Å²) in [5.74, 6) is 0.318. The molecule has 0 N–H and O–H groups in total. The van der Waals surface area contributed by atoms with E-state index < -0.39 is 0 Å². The molecule has 2 saturated heterocycles. The molecule has 2 aliphatic heterocycles. The van der Waals surface area contributed by atoms with Crippen molar-refractivity contribution >= 4 is 5.91 Å². The second-order valence-corrected chi connectivity index (χ2v) is 5.64. The molecule has 0 radical (unpaired) electrons. The maximum Gasteiger partial charge on any atom is 0.236 e. The average Bonchev–Trinajstić information content (AvgIpc) is 2.40. The van der Waals surface area contributed by atoms with E-state index in [2.05, 4.69) is 16.7 Å². The molecule has 0 aromatic carbocycles. The van der Waals surface area contributed by atoms with Crippen molar-refractivity contribution in [3.63, 3.8) is 0 Å². The lowest BCUT2D eigenvalue weighted by Crippen LogP contribution is -2.48. The Hall–Kier alpha value is -0.610. The Morgan fingerprint density at radius 2 is 1.89 bits per heavy atom. The van der Waals surface area contributed by atoms with Crippen LogP contribution in [0, 0.1) is 0 Å². The Bertz CT molecular complexity index is 275. The van der Waals surface area contributed by atoms with Gasteiger partial charge in [0.1, 0.15) is 0 Å². The highest BCUT2D eigenvalue weighted by Crippen LogP contribution is 2.18. The molecule has 2 fully saturated rings. The molecule has 4 heteroatoms. The molecule has 1 amide bonds. The Balaban J connectivity index is 1.77. The number of hydrogen-bond donors (Lipinski definition) is 0. The molecule has 0 bridgehead atoms. The van der Waals surface area contributed by atoms with Gasteiger partial charge in [0.25, 0.3) is 0 Å². The highest BCUT2D eigenvalue weighted by atomic mass is 16.5. The third-order valence-electron chi connectivity index (χ3n) is 4.35. The first-order valence-corrected chi connectivity index (χ1v) is 7.25. The van der Waals surface area contributed by atoms with Crippen LogP contribution in [0.2, 0.25) is 0 Å². The molecule has 0 saturated carbocycles. The molecule has 18 heavy (non-hydrogen) atoms. The quantitative estimate of drug-likeness (QED) is 0.765. The van der Waals surface area contributed by atoms with Crippen LogP contribution in [0.3, 0.4) is 0 Å². The van der Waals surface area contributed by atoms with Gasteiger partial charge in [0.15, 0.2) is 0 Å². The van der Waals surface area contributed by atoms with Crippen LogP contribution in [0.1, 0.15) is 39.0 Å². The van der Waals surface area contributed by atoms with E-state index >= 15 is 0 Å². The van der Waals surface area contributed by atoms with Crippen LogP contribution in [0.5, 0.6) is 0 Å². The topological polar surface area (TPSA) is 32.8 Å². The molecule has 0 aliphatic carbocycles. The van der Waals surface area contributed by atoms with Crippen LogP contribution in [-0.4, -0.2) is 61.1 Å². The molecule has 0 aromatic heterocycles. The van der Waals surface area contributed by atoms with Gasteiger partial charge >= 0.3 is 0 Å². The molecule has 2 rings (SSSR count). The fraction of sp³-hybridized carbons (Fsp3) is 0.929. The fourth-order valence-corrected chi connectivity index (χ4v) is 3.05.